The predicted octanol–water partition coefficient (Wildman–Crippen LogP) is 0.561. The molecule has 0 radical (unpaired) electrons. The highest BCUT2D eigenvalue weighted by Gasteiger charge is 2.48. The van der Waals surface area contributed by atoms with E-state index in [1.54, 1.807) is 10.9 Å². The number of amides is 1. The number of hydrogen-bond acceptors (Lipinski definition) is 6. The van der Waals surface area contributed by atoms with Crippen molar-refractivity contribution >= 4 is 17.2 Å². The number of likely N-dealkylation sites (tertiary alicyclic amines) is 1. The van der Waals surface area contributed by atoms with Crippen LogP contribution in [0.5, 0.6) is 0 Å². The van der Waals surface area contributed by atoms with E-state index in [0.717, 1.165) is 6.54 Å². The highest BCUT2D eigenvalue weighted by atomic mass is 32.1. The number of rotatable bonds is 5. The van der Waals surface area contributed by atoms with Crippen molar-refractivity contribution in [2.24, 2.45) is 5.92 Å². The molecule has 1 aromatic heterocycles. The van der Waals surface area contributed by atoms with Crippen molar-refractivity contribution in [3.63, 3.8) is 0 Å². The normalized spacial score (nSPS) is 28.3. The van der Waals surface area contributed by atoms with Gasteiger partial charge in [-0.2, -0.15) is 0 Å². The SMILES string of the molecule is CN(C)CCO[C@H]1CN(C(=O)c2cscn2)[C@@H]2COC[C@H]12. The van der Waals surface area contributed by atoms with Gasteiger partial charge in [0.15, 0.2) is 0 Å². The number of nitrogens with zero attached hydrogens (tertiary/aromatic N) is 3. The highest BCUT2D eigenvalue weighted by molar-refractivity contribution is 7.07. The molecule has 0 aromatic carbocycles. The Hall–Kier alpha value is -1.02. The Kier molecular flexibility index (Phi) is 4.54. The second-order valence-electron chi connectivity index (χ2n) is 5.81. The van der Waals surface area contributed by atoms with Crippen LogP contribution in [0.3, 0.4) is 0 Å². The maximum absolute atomic E-state index is 12.5. The average Bonchev–Trinajstić information content (AvgIpc) is 3.16. The van der Waals surface area contributed by atoms with E-state index in [0.29, 0.717) is 32.1 Å². The fraction of sp³-hybridized carbons (Fsp3) is 0.714. The van der Waals surface area contributed by atoms with Crippen molar-refractivity contribution in [1.82, 2.24) is 14.8 Å². The number of fused-ring (bicyclic) bond motifs is 1. The van der Waals surface area contributed by atoms with E-state index in [1.807, 2.05) is 19.0 Å². The molecule has 1 amide bonds. The van der Waals surface area contributed by atoms with Crippen LogP contribution in [-0.2, 0) is 9.47 Å². The van der Waals surface area contributed by atoms with Crippen LogP contribution in [0.25, 0.3) is 0 Å². The summed E-state index contributed by atoms with van der Waals surface area (Å²) in [7, 11) is 4.05. The van der Waals surface area contributed by atoms with Gasteiger partial charge in [0.1, 0.15) is 5.69 Å². The van der Waals surface area contributed by atoms with Gasteiger partial charge in [-0.3, -0.25) is 4.79 Å². The molecule has 21 heavy (non-hydrogen) atoms. The predicted molar refractivity (Wildman–Crippen MR) is 79.5 cm³/mol. The Balaban J connectivity index is 1.65. The summed E-state index contributed by atoms with van der Waals surface area (Å²) in [5.74, 6) is 0.283. The van der Waals surface area contributed by atoms with Crippen LogP contribution < -0.4 is 0 Å². The number of ether oxygens (including phenoxy) is 2. The second kappa shape index (κ2) is 6.39. The summed E-state index contributed by atoms with van der Waals surface area (Å²) in [6.45, 7) is 3.49. The lowest BCUT2D eigenvalue weighted by atomic mass is 10.0. The van der Waals surface area contributed by atoms with Crippen molar-refractivity contribution < 1.29 is 14.3 Å². The van der Waals surface area contributed by atoms with Crippen LogP contribution in [0.1, 0.15) is 10.5 Å². The van der Waals surface area contributed by atoms with E-state index in [4.69, 9.17) is 9.47 Å². The summed E-state index contributed by atoms with van der Waals surface area (Å²) < 4.78 is 11.6. The molecule has 0 N–H and O–H groups in total. The fourth-order valence-electron chi connectivity index (χ4n) is 2.96. The molecule has 1 aromatic rings. The minimum absolute atomic E-state index is 0.00420. The van der Waals surface area contributed by atoms with Crippen LogP contribution in [-0.4, -0.2) is 79.8 Å². The molecule has 0 saturated carbocycles. The van der Waals surface area contributed by atoms with Crippen molar-refractivity contribution in [2.75, 3.05) is 47.0 Å². The zero-order valence-electron chi connectivity index (χ0n) is 12.4. The van der Waals surface area contributed by atoms with E-state index in [1.165, 1.54) is 11.3 Å². The van der Waals surface area contributed by atoms with Crippen LogP contribution >= 0.6 is 11.3 Å². The van der Waals surface area contributed by atoms with Gasteiger partial charge in [0.05, 0.1) is 37.5 Å². The summed E-state index contributed by atoms with van der Waals surface area (Å²) in [5, 5.41) is 1.80. The monoisotopic (exact) mass is 311 g/mol. The maximum Gasteiger partial charge on any atom is 0.273 e. The van der Waals surface area contributed by atoms with Crippen LogP contribution in [0.4, 0.5) is 0 Å². The lowest BCUT2D eigenvalue weighted by Gasteiger charge is -2.21. The topological polar surface area (TPSA) is 54.9 Å². The number of carbonyl (C=O) groups excluding carboxylic acids is 1. The Morgan fingerprint density at radius 1 is 1.57 bits per heavy atom. The number of thiazole rings is 1. The van der Waals surface area contributed by atoms with Gasteiger partial charge < -0.3 is 19.3 Å². The van der Waals surface area contributed by atoms with Gasteiger partial charge in [-0.25, -0.2) is 4.98 Å². The van der Waals surface area contributed by atoms with Gasteiger partial charge in [0.25, 0.3) is 5.91 Å². The summed E-state index contributed by atoms with van der Waals surface area (Å²) in [6, 6.07) is 0.128. The third-order valence-corrected chi connectivity index (χ3v) is 4.72. The van der Waals surface area contributed by atoms with E-state index in [2.05, 4.69) is 9.88 Å². The minimum atomic E-state index is -0.00420. The minimum Gasteiger partial charge on any atom is -0.379 e. The standard InChI is InChI=1S/C14H21N3O3S/c1-16(2)3-4-20-13-5-17(12-7-19-6-10(12)13)14(18)11-8-21-9-15-11/h8-10,12-13H,3-7H2,1-2H3/t10-,12+,13-/m0/s1. The van der Waals surface area contributed by atoms with Gasteiger partial charge in [0, 0.05) is 24.4 Å². The third kappa shape index (κ3) is 3.11. The molecule has 2 aliphatic rings. The molecule has 0 bridgehead atoms. The summed E-state index contributed by atoms with van der Waals surface area (Å²) in [5.41, 5.74) is 2.22. The summed E-state index contributed by atoms with van der Waals surface area (Å²) in [6.07, 6.45) is 0.0695. The van der Waals surface area contributed by atoms with Gasteiger partial charge in [-0.15, -0.1) is 11.3 Å². The zero-order valence-corrected chi connectivity index (χ0v) is 13.2. The first kappa shape index (κ1) is 14.9. The largest absolute Gasteiger partial charge is 0.379 e. The van der Waals surface area contributed by atoms with Crippen LogP contribution in [0.2, 0.25) is 0 Å². The first-order valence-corrected chi connectivity index (χ1v) is 8.14. The average molecular weight is 311 g/mol. The van der Waals surface area contributed by atoms with Gasteiger partial charge >= 0.3 is 0 Å². The van der Waals surface area contributed by atoms with Crippen molar-refractivity contribution in [1.29, 1.82) is 0 Å². The fourth-order valence-corrected chi connectivity index (χ4v) is 3.49. The third-order valence-electron chi connectivity index (χ3n) is 4.13. The van der Waals surface area contributed by atoms with Crippen molar-refractivity contribution in [3.05, 3.63) is 16.6 Å². The highest BCUT2D eigenvalue weighted by Crippen LogP contribution is 2.33. The lowest BCUT2D eigenvalue weighted by molar-refractivity contribution is 0.0135. The van der Waals surface area contributed by atoms with Crippen LogP contribution in [0.15, 0.2) is 10.9 Å². The molecule has 7 heteroatoms. The molecule has 3 atom stereocenters. The summed E-state index contributed by atoms with van der Waals surface area (Å²) >= 11 is 1.44. The molecule has 3 heterocycles. The van der Waals surface area contributed by atoms with Gasteiger partial charge in [-0.05, 0) is 14.1 Å². The van der Waals surface area contributed by atoms with Crippen molar-refractivity contribution in [3.8, 4) is 0 Å². The quantitative estimate of drug-likeness (QED) is 0.795. The molecule has 2 saturated heterocycles. The molecule has 6 nitrogen and oxygen atoms in total. The van der Waals surface area contributed by atoms with E-state index >= 15 is 0 Å². The van der Waals surface area contributed by atoms with Crippen LogP contribution in [0, 0.1) is 5.92 Å². The Morgan fingerprint density at radius 2 is 2.43 bits per heavy atom. The molecule has 0 unspecified atom stereocenters. The Labute approximate surface area is 128 Å². The number of hydrogen-bond donors (Lipinski definition) is 0. The molecule has 0 spiro atoms. The Bertz CT molecular complexity index is 480. The molecular weight excluding hydrogens is 290 g/mol. The van der Waals surface area contributed by atoms with E-state index in [-0.39, 0.29) is 24.0 Å². The molecule has 116 valence electrons. The van der Waals surface area contributed by atoms with E-state index in [9.17, 15) is 4.79 Å². The zero-order chi connectivity index (χ0) is 14.8. The molecular formula is C14H21N3O3S. The molecule has 0 aliphatic carbocycles. The second-order valence-corrected chi connectivity index (χ2v) is 6.53. The Morgan fingerprint density at radius 3 is 3.14 bits per heavy atom. The van der Waals surface area contributed by atoms with Crippen molar-refractivity contribution in [2.45, 2.75) is 12.1 Å². The number of likely N-dealkylation sites (N-methyl/N-ethyl adjacent to an activating group) is 1. The smallest absolute Gasteiger partial charge is 0.273 e. The maximum atomic E-state index is 12.5. The number of carbonyl (C=O) groups is 1. The van der Waals surface area contributed by atoms with Gasteiger partial charge in [-0.1, -0.05) is 0 Å². The van der Waals surface area contributed by atoms with E-state index < -0.39 is 0 Å². The first-order valence-electron chi connectivity index (χ1n) is 7.20. The molecule has 2 fully saturated rings. The summed E-state index contributed by atoms with van der Waals surface area (Å²) in [4.78, 5) is 20.6. The molecule has 2 aliphatic heterocycles. The first-order chi connectivity index (χ1) is 10.2. The van der Waals surface area contributed by atoms with Gasteiger partial charge in [0.2, 0.25) is 0 Å². The molecule has 3 rings (SSSR count). The number of aromatic nitrogens is 1. The lowest BCUT2D eigenvalue weighted by Crippen LogP contribution is -2.38.